The fourth-order valence-corrected chi connectivity index (χ4v) is 2.05. The van der Waals surface area contributed by atoms with Gasteiger partial charge in [-0.1, -0.05) is 0 Å². The van der Waals surface area contributed by atoms with Gasteiger partial charge < -0.3 is 25.3 Å². The smallest absolute Gasteiger partial charge is 0.275 e. The van der Waals surface area contributed by atoms with Gasteiger partial charge in [0.15, 0.2) is 5.69 Å². The Labute approximate surface area is 104 Å². The van der Waals surface area contributed by atoms with Crippen molar-refractivity contribution in [3.05, 3.63) is 17.8 Å². The van der Waals surface area contributed by atoms with Crippen LogP contribution in [-0.4, -0.2) is 51.8 Å². The molecule has 4 N–H and O–H groups in total. The molecule has 0 unspecified atom stereocenters. The monoisotopic (exact) mass is 255 g/mol. The minimum atomic E-state index is -0.559. The molecule has 0 saturated carbocycles. The Bertz CT molecular complexity index is 420. The van der Waals surface area contributed by atoms with Crippen LogP contribution in [0.3, 0.4) is 0 Å². The Morgan fingerprint density at radius 3 is 3.06 bits per heavy atom. The molecule has 0 aliphatic carbocycles. The number of hydrogen-bond donors (Lipinski definition) is 3. The Kier molecular flexibility index (Phi) is 3.95. The normalized spacial score (nSPS) is 24.3. The number of rotatable bonds is 3. The topological polar surface area (TPSA) is 113 Å². The fourth-order valence-electron chi connectivity index (χ4n) is 2.05. The number of likely N-dealkylation sites (tertiary alicyclic amines) is 1. The van der Waals surface area contributed by atoms with E-state index in [1.807, 2.05) is 0 Å². The average Bonchev–Trinajstić information content (AvgIpc) is 2.87. The number of piperidine rings is 1. The number of aliphatic hydroxyl groups excluding tert-OH is 2. The summed E-state index contributed by atoms with van der Waals surface area (Å²) < 4.78 is 5.02. The Morgan fingerprint density at radius 1 is 1.67 bits per heavy atom. The number of amides is 1. The standard InChI is InChI=1S/C11H17N3O4/c12-3-10-13-8(6-18-10)11(17)14-2-1-9(16)7(4-14)5-15/h6-7,9,15-16H,1-5,12H2/t7-,9-/m1/s1. The van der Waals surface area contributed by atoms with E-state index in [1.165, 1.54) is 6.26 Å². The van der Waals surface area contributed by atoms with Crippen molar-refractivity contribution >= 4 is 5.91 Å². The molecule has 1 amide bonds. The zero-order chi connectivity index (χ0) is 13.1. The second-order valence-corrected chi connectivity index (χ2v) is 4.38. The molecular weight excluding hydrogens is 238 g/mol. The lowest BCUT2D eigenvalue weighted by Gasteiger charge is -2.34. The summed E-state index contributed by atoms with van der Waals surface area (Å²) in [4.78, 5) is 17.6. The van der Waals surface area contributed by atoms with E-state index in [9.17, 15) is 9.90 Å². The van der Waals surface area contributed by atoms with E-state index >= 15 is 0 Å². The van der Waals surface area contributed by atoms with E-state index in [2.05, 4.69) is 4.98 Å². The van der Waals surface area contributed by atoms with E-state index in [-0.39, 0.29) is 30.7 Å². The highest BCUT2D eigenvalue weighted by Gasteiger charge is 2.31. The van der Waals surface area contributed by atoms with Gasteiger partial charge in [-0.2, -0.15) is 0 Å². The van der Waals surface area contributed by atoms with Crippen molar-refractivity contribution in [2.24, 2.45) is 11.7 Å². The third-order valence-corrected chi connectivity index (χ3v) is 3.16. The zero-order valence-electron chi connectivity index (χ0n) is 9.95. The Morgan fingerprint density at radius 2 is 2.44 bits per heavy atom. The molecule has 1 aliphatic heterocycles. The summed E-state index contributed by atoms with van der Waals surface area (Å²) in [6, 6.07) is 0. The molecule has 7 nitrogen and oxygen atoms in total. The van der Waals surface area contributed by atoms with E-state index in [0.717, 1.165) is 0 Å². The van der Waals surface area contributed by atoms with Crippen LogP contribution in [-0.2, 0) is 6.54 Å². The summed E-state index contributed by atoms with van der Waals surface area (Å²) in [5.74, 6) is -0.249. The van der Waals surface area contributed by atoms with Gasteiger partial charge in [-0.15, -0.1) is 0 Å². The molecule has 0 aromatic carbocycles. The molecular formula is C11H17N3O4. The molecule has 1 aromatic heterocycles. The minimum Gasteiger partial charge on any atom is -0.447 e. The highest BCUT2D eigenvalue weighted by molar-refractivity contribution is 5.92. The van der Waals surface area contributed by atoms with Gasteiger partial charge in [-0.3, -0.25) is 4.79 Å². The largest absolute Gasteiger partial charge is 0.447 e. The average molecular weight is 255 g/mol. The van der Waals surface area contributed by atoms with Crippen LogP contribution in [0.2, 0.25) is 0 Å². The molecule has 7 heteroatoms. The summed E-state index contributed by atoms with van der Waals surface area (Å²) >= 11 is 0. The van der Waals surface area contributed by atoms with Crippen molar-refractivity contribution in [3.8, 4) is 0 Å². The van der Waals surface area contributed by atoms with Gasteiger partial charge in [0.2, 0.25) is 5.89 Å². The number of hydrogen-bond acceptors (Lipinski definition) is 6. The van der Waals surface area contributed by atoms with Crippen molar-refractivity contribution in [1.29, 1.82) is 0 Å². The molecule has 0 spiro atoms. The molecule has 1 aromatic rings. The van der Waals surface area contributed by atoms with Crippen LogP contribution in [0.25, 0.3) is 0 Å². The maximum Gasteiger partial charge on any atom is 0.275 e. The minimum absolute atomic E-state index is 0.141. The molecule has 0 bridgehead atoms. The number of carbonyl (C=O) groups is 1. The van der Waals surface area contributed by atoms with Gasteiger partial charge in [-0.05, 0) is 6.42 Å². The molecule has 1 fully saturated rings. The predicted octanol–water partition coefficient (Wildman–Crippen LogP) is -1.05. The number of aliphatic hydroxyl groups is 2. The second-order valence-electron chi connectivity index (χ2n) is 4.38. The first kappa shape index (κ1) is 13.0. The number of nitrogens with zero attached hydrogens (tertiary/aromatic N) is 2. The maximum absolute atomic E-state index is 12.1. The van der Waals surface area contributed by atoms with Crippen molar-refractivity contribution in [1.82, 2.24) is 9.88 Å². The SMILES string of the molecule is NCc1nc(C(=O)N2CC[C@@H](O)[C@@H](CO)C2)co1. The molecule has 0 radical (unpaired) electrons. The lowest BCUT2D eigenvalue weighted by molar-refractivity contribution is 0.00323. The molecule has 1 saturated heterocycles. The quantitative estimate of drug-likeness (QED) is 0.635. The van der Waals surface area contributed by atoms with E-state index in [1.54, 1.807) is 4.90 Å². The second kappa shape index (κ2) is 5.47. The van der Waals surface area contributed by atoms with Gasteiger partial charge in [-0.25, -0.2) is 4.98 Å². The van der Waals surface area contributed by atoms with Gasteiger partial charge in [0.05, 0.1) is 19.3 Å². The first-order chi connectivity index (χ1) is 8.65. The molecule has 2 atom stereocenters. The van der Waals surface area contributed by atoms with Crippen LogP contribution in [0.4, 0.5) is 0 Å². The van der Waals surface area contributed by atoms with Crippen LogP contribution in [0, 0.1) is 5.92 Å². The van der Waals surface area contributed by atoms with Crippen molar-refractivity contribution in [3.63, 3.8) is 0 Å². The number of nitrogens with two attached hydrogens (primary N) is 1. The molecule has 1 aliphatic rings. The Balaban J connectivity index is 2.05. The van der Waals surface area contributed by atoms with Gasteiger partial charge >= 0.3 is 0 Å². The third-order valence-electron chi connectivity index (χ3n) is 3.16. The van der Waals surface area contributed by atoms with Crippen LogP contribution < -0.4 is 5.73 Å². The van der Waals surface area contributed by atoms with Crippen molar-refractivity contribution in [2.75, 3.05) is 19.7 Å². The van der Waals surface area contributed by atoms with Gasteiger partial charge in [0.1, 0.15) is 6.26 Å². The first-order valence-electron chi connectivity index (χ1n) is 5.88. The molecule has 18 heavy (non-hydrogen) atoms. The number of aromatic nitrogens is 1. The van der Waals surface area contributed by atoms with Crippen LogP contribution >= 0.6 is 0 Å². The number of carbonyl (C=O) groups excluding carboxylic acids is 1. The molecule has 2 heterocycles. The van der Waals surface area contributed by atoms with Crippen LogP contribution in [0.15, 0.2) is 10.7 Å². The summed E-state index contributed by atoms with van der Waals surface area (Å²) in [6.07, 6.45) is 1.18. The maximum atomic E-state index is 12.1. The van der Waals surface area contributed by atoms with Crippen molar-refractivity contribution in [2.45, 2.75) is 19.1 Å². The van der Waals surface area contributed by atoms with E-state index < -0.39 is 6.10 Å². The first-order valence-corrected chi connectivity index (χ1v) is 5.88. The summed E-state index contributed by atoms with van der Waals surface area (Å²) in [5, 5.41) is 18.8. The fraction of sp³-hybridized carbons (Fsp3) is 0.636. The van der Waals surface area contributed by atoms with E-state index in [0.29, 0.717) is 25.4 Å². The summed E-state index contributed by atoms with van der Waals surface area (Å²) in [5.41, 5.74) is 5.57. The third kappa shape index (κ3) is 2.53. The Hall–Kier alpha value is -1.44. The molecule has 100 valence electrons. The molecule has 2 rings (SSSR count). The van der Waals surface area contributed by atoms with Crippen LogP contribution in [0.1, 0.15) is 22.8 Å². The lowest BCUT2D eigenvalue weighted by Crippen LogP contribution is -2.47. The number of oxazole rings is 1. The summed E-state index contributed by atoms with van der Waals surface area (Å²) in [7, 11) is 0. The highest BCUT2D eigenvalue weighted by atomic mass is 16.3. The summed E-state index contributed by atoms with van der Waals surface area (Å²) in [6.45, 7) is 0.770. The van der Waals surface area contributed by atoms with Gasteiger partial charge in [0, 0.05) is 19.0 Å². The van der Waals surface area contributed by atoms with Crippen LogP contribution in [0.5, 0.6) is 0 Å². The lowest BCUT2D eigenvalue weighted by atomic mass is 9.95. The van der Waals surface area contributed by atoms with Crippen molar-refractivity contribution < 1.29 is 19.4 Å². The zero-order valence-corrected chi connectivity index (χ0v) is 9.95. The predicted molar refractivity (Wildman–Crippen MR) is 61.5 cm³/mol. The van der Waals surface area contributed by atoms with E-state index in [4.69, 9.17) is 15.3 Å². The van der Waals surface area contributed by atoms with Gasteiger partial charge in [0.25, 0.3) is 5.91 Å². The highest BCUT2D eigenvalue weighted by Crippen LogP contribution is 2.18.